The topological polar surface area (TPSA) is 60.4 Å². The molecule has 0 aliphatic carbocycles. The molecule has 0 aliphatic rings. The number of rotatable bonds is 4. The van der Waals surface area contributed by atoms with Crippen LogP contribution in [-0.4, -0.2) is 26.7 Å². The van der Waals surface area contributed by atoms with E-state index in [0.29, 0.717) is 6.42 Å². The Kier molecular flexibility index (Phi) is 4.92. The fourth-order valence-corrected chi connectivity index (χ4v) is 0.797. The molecule has 0 radical (unpaired) electrons. The molecule has 0 rings (SSSR count). The molecule has 0 aromatic carbocycles. The number of hydrogen-bond donors (Lipinski definition) is 1. The van der Waals surface area contributed by atoms with E-state index in [1.165, 1.54) is 6.92 Å². The average molecular weight is 166 g/mol. The largest absolute Gasteiger partial charge is 0.466 e. The molecular weight excluding hydrogens is 156 g/mol. The van der Waals surface area contributed by atoms with Gasteiger partial charge in [0, 0.05) is 6.92 Å². The minimum Gasteiger partial charge on any atom is -0.466 e. The van der Waals surface area contributed by atoms with Crippen LogP contribution in [0.25, 0.3) is 0 Å². The first-order valence-electron chi connectivity index (χ1n) is 2.88. The molecular formula is C5H10O4S. The van der Waals surface area contributed by atoms with Crippen molar-refractivity contribution in [2.45, 2.75) is 13.3 Å². The van der Waals surface area contributed by atoms with Gasteiger partial charge in [0.25, 0.3) is 0 Å². The number of thiol groups is 1. The lowest BCUT2D eigenvalue weighted by Gasteiger charge is -1.96. The molecule has 0 fully saturated rings. The molecule has 4 nitrogen and oxygen atoms in total. The van der Waals surface area contributed by atoms with Crippen LogP contribution in [0, 0.1) is 0 Å². The van der Waals surface area contributed by atoms with E-state index in [4.69, 9.17) is 0 Å². The Labute approximate surface area is 61.1 Å². The van der Waals surface area contributed by atoms with Crippen molar-refractivity contribution in [3.8, 4) is 0 Å². The predicted molar refractivity (Wildman–Crippen MR) is 36.4 cm³/mol. The number of hydrogen-bond acceptors (Lipinski definition) is 4. The molecule has 0 spiro atoms. The smallest absolute Gasteiger partial charge is 0.302 e. The van der Waals surface area contributed by atoms with Crippen LogP contribution in [0.2, 0.25) is 0 Å². The second-order valence-electron chi connectivity index (χ2n) is 1.75. The Hall–Kier alpha value is -0.580. The summed E-state index contributed by atoms with van der Waals surface area (Å²) in [7, 11) is -2.32. The molecule has 0 amide bonds. The Morgan fingerprint density at radius 2 is 2.10 bits per heavy atom. The summed E-state index contributed by atoms with van der Waals surface area (Å²) in [5.74, 6) is -0.288. The van der Waals surface area contributed by atoms with Gasteiger partial charge in [-0.2, -0.15) is 0 Å². The summed E-state index contributed by atoms with van der Waals surface area (Å²) >= 11 is 0. The molecule has 0 saturated carbocycles. The lowest BCUT2D eigenvalue weighted by atomic mass is 10.5. The standard InChI is InChI=1S/C5H10O4S/c1-5(6)9-3-2-4-10(7)8/h10H,2-4H2,1H3. The summed E-state index contributed by atoms with van der Waals surface area (Å²) in [4.78, 5) is 10.1. The van der Waals surface area contributed by atoms with Gasteiger partial charge in [0.2, 0.25) is 0 Å². The van der Waals surface area contributed by atoms with Crippen LogP contribution in [-0.2, 0) is 20.2 Å². The Morgan fingerprint density at radius 1 is 1.50 bits per heavy atom. The van der Waals surface area contributed by atoms with Gasteiger partial charge >= 0.3 is 5.97 Å². The molecule has 0 aliphatic heterocycles. The van der Waals surface area contributed by atoms with Crippen molar-refractivity contribution >= 4 is 16.7 Å². The maximum Gasteiger partial charge on any atom is 0.302 e. The fourth-order valence-electron chi connectivity index (χ4n) is 0.410. The molecule has 0 aromatic heterocycles. The highest BCUT2D eigenvalue weighted by atomic mass is 32.2. The Morgan fingerprint density at radius 3 is 2.50 bits per heavy atom. The van der Waals surface area contributed by atoms with Gasteiger partial charge in [-0.25, -0.2) is 8.42 Å². The van der Waals surface area contributed by atoms with Gasteiger partial charge in [-0.3, -0.25) is 4.79 Å². The van der Waals surface area contributed by atoms with Gasteiger partial charge in [-0.1, -0.05) is 0 Å². The molecule has 0 unspecified atom stereocenters. The first kappa shape index (κ1) is 9.42. The van der Waals surface area contributed by atoms with E-state index in [1.807, 2.05) is 0 Å². The lowest BCUT2D eigenvalue weighted by Crippen LogP contribution is -2.02. The van der Waals surface area contributed by atoms with E-state index < -0.39 is 10.7 Å². The van der Waals surface area contributed by atoms with E-state index in [-0.39, 0.29) is 18.3 Å². The fraction of sp³-hybridized carbons (Fsp3) is 0.800. The van der Waals surface area contributed by atoms with Crippen LogP contribution in [0.4, 0.5) is 0 Å². The summed E-state index contributed by atoms with van der Waals surface area (Å²) < 4.78 is 24.4. The summed E-state index contributed by atoms with van der Waals surface area (Å²) in [6, 6.07) is 0. The maximum absolute atomic E-state index is 10.1. The van der Waals surface area contributed by atoms with E-state index in [0.717, 1.165) is 0 Å². The van der Waals surface area contributed by atoms with Crippen molar-refractivity contribution in [2.75, 3.05) is 12.4 Å². The van der Waals surface area contributed by atoms with Gasteiger partial charge in [0.15, 0.2) is 0 Å². The van der Waals surface area contributed by atoms with Crippen LogP contribution in [0.3, 0.4) is 0 Å². The SMILES string of the molecule is CC(=O)OCCC[SH](=O)=O. The zero-order valence-corrected chi connectivity index (χ0v) is 6.60. The van der Waals surface area contributed by atoms with Crippen LogP contribution < -0.4 is 0 Å². The van der Waals surface area contributed by atoms with Crippen molar-refractivity contribution in [3.63, 3.8) is 0 Å². The summed E-state index contributed by atoms with van der Waals surface area (Å²) in [5.41, 5.74) is 0. The number of carbonyl (C=O) groups excluding carboxylic acids is 1. The van der Waals surface area contributed by atoms with E-state index in [9.17, 15) is 13.2 Å². The van der Waals surface area contributed by atoms with Gasteiger partial charge in [0.1, 0.15) is 10.7 Å². The summed E-state index contributed by atoms with van der Waals surface area (Å²) in [6.45, 7) is 1.48. The van der Waals surface area contributed by atoms with Crippen LogP contribution in [0.1, 0.15) is 13.3 Å². The second kappa shape index (κ2) is 5.22. The molecule has 0 heterocycles. The quantitative estimate of drug-likeness (QED) is 0.349. The van der Waals surface area contributed by atoms with Crippen LogP contribution in [0.5, 0.6) is 0 Å². The molecule has 60 valence electrons. The minimum absolute atomic E-state index is 0.0859. The summed E-state index contributed by atoms with van der Waals surface area (Å²) in [6.07, 6.45) is 0.387. The predicted octanol–water partition coefficient (Wildman–Crippen LogP) is -0.449. The highest BCUT2D eigenvalue weighted by Gasteiger charge is 1.92. The van der Waals surface area contributed by atoms with Gasteiger partial charge in [-0.15, -0.1) is 0 Å². The van der Waals surface area contributed by atoms with Crippen LogP contribution in [0.15, 0.2) is 0 Å². The second-order valence-corrected chi connectivity index (χ2v) is 2.86. The normalized spacial score (nSPS) is 9.80. The molecule has 0 saturated heterocycles. The zero-order chi connectivity index (χ0) is 7.98. The molecule has 10 heavy (non-hydrogen) atoms. The average Bonchev–Trinajstić information content (AvgIpc) is 1.79. The minimum atomic E-state index is -2.32. The third-order valence-electron chi connectivity index (χ3n) is 0.790. The maximum atomic E-state index is 10.1. The first-order valence-corrected chi connectivity index (χ1v) is 4.24. The monoisotopic (exact) mass is 166 g/mol. The number of esters is 1. The summed E-state index contributed by atoms with van der Waals surface area (Å²) in [5, 5.41) is 0. The van der Waals surface area contributed by atoms with Gasteiger partial charge < -0.3 is 4.74 Å². The first-order chi connectivity index (χ1) is 4.63. The van der Waals surface area contributed by atoms with E-state index in [2.05, 4.69) is 4.74 Å². The molecule has 0 N–H and O–H groups in total. The molecule has 0 bridgehead atoms. The van der Waals surface area contributed by atoms with E-state index in [1.54, 1.807) is 0 Å². The van der Waals surface area contributed by atoms with Crippen LogP contribution >= 0.6 is 0 Å². The Bertz CT molecular complexity index is 164. The number of ether oxygens (including phenoxy) is 1. The van der Waals surface area contributed by atoms with Crippen molar-refractivity contribution < 1.29 is 17.9 Å². The van der Waals surface area contributed by atoms with Gasteiger partial charge in [-0.05, 0) is 6.42 Å². The number of carbonyl (C=O) groups is 1. The van der Waals surface area contributed by atoms with Crippen molar-refractivity contribution in [2.24, 2.45) is 0 Å². The Balaban J connectivity index is 3.13. The highest BCUT2D eigenvalue weighted by Crippen LogP contribution is 1.83. The lowest BCUT2D eigenvalue weighted by molar-refractivity contribution is -0.140. The van der Waals surface area contributed by atoms with Crippen molar-refractivity contribution in [1.29, 1.82) is 0 Å². The third-order valence-corrected chi connectivity index (χ3v) is 1.47. The van der Waals surface area contributed by atoms with Gasteiger partial charge in [0.05, 0.1) is 12.4 Å². The van der Waals surface area contributed by atoms with E-state index >= 15 is 0 Å². The van der Waals surface area contributed by atoms with Crippen molar-refractivity contribution in [3.05, 3.63) is 0 Å². The third kappa shape index (κ3) is 7.42. The van der Waals surface area contributed by atoms with Crippen molar-refractivity contribution in [1.82, 2.24) is 0 Å². The highest BCUT2D eigenvalue weighted by molar-refractivity contribution is 7.72. The molecule has 5 heteroatoms. The molecule has 0 aromatic rings. The molecule has 0 atom stereocenters. The zero-order valence-electron chi connectivity index (χ0n) is 5.70.